The molecule has 1 atom stereocenters. The number of rotatable bonds is 4. The number of ether oxygens (including phenoxy) is 2. The zero-order valence-electron chi connectivity index (χ0n) is 12.2. The molecule has 0 aliphatic carbocycles. The highest BCUT2D eigenvalue weighted by Crippen LogP contribution is 2.34. The molecule has 3 nitrogen and oxygen atoms in total. The monoisotopic (exact) mass is 347 g/mol. The Labute approximate surface area is 133 Å². The summed E-state index contributed by atoms with van der Waals surface area (Å²) >= 11 is 3.62. The molecule has 21 heavy (non-hydrogen) atoms. The molecule has 3 rings (SSSR count). The summed E-state index contributed by atoms with van der Waals surface area (Å²) in [6.45, 7) is 5.38. The molecule has 0 spiro atoms. The highest BCUT2D eigenvalue weighted by atomic mass is 79.9. The third-order valence-electron chi connectivity index (χ3n) is 3.70. The summed E-state index contributed by atoms with van der Waals surface area (Å²) in [7, 11) is 0. The molecule has 1 aliphatic heterocycles. The standard InChI is InChI=1S/C17H18BrNO2/c1-11-3-4-14(15(18)7-11)9-19-12(2)13-5-6-16-17(8-13)21-10-20-16/h3-8,12,19H,9-10H2,1-2H3. The lowest BCUT2D eigenvalue weighted by molar-refractivity contribution is 0.174. The number of nitrogens with one attached hydrogen (secondary N) is 1. The van der Waals surface area contributed by atoms with Crippen LogP contribution in [-0.2, 0) is 6.54 Å². The molecule has 0 radical (unpaired) electrons. The van der Waals surface area contributed by atoms with Crippen LogP contribution in [0.5, 0.6) is 11.5 Å². The normalized spacial score (nSPS) is 14.2. The van der Waals surface area contributed by atoms with Crippen LogP contribution >= 0.6 is 15.9 Å². The third-order valence-corrected chi connectivity index (χ3v) is 4.44. The van der Waals surface area contributed by atoms with Gasteiger partial charge in [-0.15, -0.1) is 0 Å². The molecule has 0 fully saturated rings. The highest BCUT2D eigenvalue weighted by Gasteiger charge is 2.15. The summed E-state index contributed by atoms with van der Waals surface area (Å²) in [4.78, 5) is 0. The Balaban J connectivity index is 1.67. The van der Waals surface area contributed by atoms with Crippen molar-refractivity contribution >= 4 is 15.9 Å². The van der Waals surface area contributed by atoms with Gasteiger partial charge in [0, 0.05) is 17.1 Å². The van der Waals surface area contributed by atoms with Crippen LogP contribution in [0, 0.1) is 6.92 Å². The van der Waals surface area contributed by atoms with Crippen molar-refractivity contribution in [1.29, 1.82) is 0 Å². The molecule has 0 amide bonds. The summed E-state index contributed by atoms with van der Waals surface area (Å²) in [5.74, 6) is 1.66. The fourth-order valence-corrected chi connectivity index (χ4v) is 2.99. The molecule has 0 bridgehead atoms. The summed E-state index contributed by atoms with van der Waals surface area (Å²) in [6.07, 6.45) is 0. The lowest BCUT2D eigenvalue weighted by Crippen LogP contribution is -2.18. The Morgan fingerprint density at radius 1 is 1.14 bits per heavy atom. The van der Waals surface area contributed by atoms with Crippen LogP contribution in [0.4, 0.5) is 0 Å². The SMILES string of the molecule is Cc1ccc(CNC(C)c2ccc3c(c2)OCO3)c(Br)c1. The van der Waals surface area contributed by atoms with Gasteiger partial charge in [0.15, 0.2) is 11.5 Å². The van der Waals surface area contributed by atoms with Crippen molar-refractivity contribution in [2.75, 3.05) is 6.79 Å². The molecular formula is C17H18BrNO2. The third kappa shape index (κ3) is 3.22. The maximum Gasteiger partial charge on any atom is 0.231 e. The molecule has 0 saturated heterocycles. The average Bonchev–Trinajstić information content (AvgIpc) is 2.93. The first-order valence-corrected chi connectivity index (χ1v) is 7.81. The average molecular weight is 348 g/mol. The predicted molar refractivity (Wildman–Crippen MR) is 86.7 cm³/mol. The van der Waals surface area contributed by atoms with Crippen LogP contribution in [0.25, 0.3) is 0 Å². The van der Waals surface area contributed by atoms with Crippen molar-refractivity contribution < 1.29 is 9.47 Å². The van der Waals surface area contributed by atoms with Crippen LogP contribution in [0.1, 0.15) is 29.7 Å². The van der Waals surface area contributed by atoms with E-state index >= 15 is 0 Å². The largest absolute Gasteiger partial charge is 0.454 e. The van der Waals surface area contributed by atoms with Gasteiger partial charge in [0.2, 0.25) is 6.79 Å². The summed E-state index contributed by atoms with van der Waals surface area (Å²) in [6, 6.07) is 12.8. The Morgan fingerprint density at radius 3 is 2.76 bits per heavy atom. The van der Waals surface area contributed by atoms with E-state index in [9.17, 15) is 0 Å². The highest BCUT2D eigenvalue weighted by molar-refractivity contribution is 9.10. The molecule has 2 aromatic carbocycles. The smallest absolute Gasteiger partial charge is 0.231 e. The summed E-state index contributed by atoms with van der Waals surface area (Å²) in [5.41, 5.74) is 3.71. The van der Waals surface area contributed by atoms with Gasteiger partial charge in [-0.25, -0.2) is 0 Å². The van der Waals surface area contributed by atoms with Gasteiger partial charge in [-0.05, 0) is 48.7 Å². The second-order valence-corrected chi connectivity index (χ2v) is 6.16. The minimum Gasteiger partial charge on any atom is -0.454 e. The first kappa shape index (κ1) is 14.4. The molecule has 0 saturated carbocycles. The van der Waals surface area contributed by atoms with Gasteiger partial charge < -0.3 is 14.8 Å². The zero-order valence-corrected chi connectivity index (χ0v) is 13.7. The number of fused-ring (bicyclic) bond motifs is 1. The molecule has 4 heteroatoms. The second-order valence-electron chi connectivity index (χ2n) is 5.31. The molecule has 1 aliphatic rings. The molecule has 2 aromatic rings. The lowest BCUT2D eigenvalue weighted by Gasteiger charge is -2.15. The van der Waals surface area contributed by atoms with Gasteiger partial charge in [-0.3, -0.25) is 0 Å². The van der Waals surface area contributed by atoms with Gasteiger partial charge in [0.05, 0.1) is 0 Å². The fourth-order valence-electron chi connectivity index (χ4n) is 2.36. The van der Waals surface area contributed by atoms with Gasteiger partial charge in [-0.2, -0.15) is 0 Å². The number of halogens is 1. The number of hydrogen-bond donors (Lipinski definition) is 1. The number of aryl methyl sites for hydroxylation is 1. The van der Waals surface area contributed by atoms with Crippen LogP contribution in [-0.4, -0.2) is 6.79 Å². The Morgan fingerprint density at radius 2 is 1.95 bits per heavy atom. The van der Waals surface area contributed by atoms with Gasteiger partial charge in [0.25, 0.3) is 0 Å². The molecule has 1 N–H and O–H groups in total. The van der Waals surface area contributed by atoms with Crippen molar-refractivity contribution in [3.63, 3.8) is 0 Å². The lowest BCUT2D eigenvalue weighted by atomic mass is 10.1. The first-order valence-electron chi connectivity index (χ1n) is 7.01. The van der Waals surface area contributed by atoms with Crippen molar-refractivity contribution in [3.8, 4) is 11.5 Å². The Kier molecular flexibility index (Phi) is 4.17. The van der Waals surface area contributed by atoms with Crippen LogP contribution in [0.2, 0.25) is 0 Å². The van der Waals surface area contributed by atoms with Crippen molar-refractivity contribution in [3.05, 3.63) is 57.6 Å². The van der Waals surface area contributed by atoms with Crippen molar-refractivity contribution in [2.45, 2.75) is 26.4 Å². The first-order chi connectivity index (χ1) is 10.1. The number of benzene rings is 2. The number of hydrogen-bond acceptors (Lipinski definition) is 3. The molecule has 0 aromatic heterocycles. The Hall–Kier alpha value is -1.52. The maximum absolute atomic E-state index is 5.43. The minimum absolute atomic E-state index is 0.243. The van der Waals surface area contributed by atoms with Crippen LogP contribution in [0.15, 0.2) is 40.9 Å². The quantitative estimate of drug-likeness (QED) is 0.892. The van der Waals surface area contributed by atoms with E-state index in [1.54, 1.807) is 0 Å². The summed E-state index contributed by atoms with van der Waals surface area (Å²) in [5, 5.41) is 3.54. The van der Waals surface area contributed by atoms with E-state index < -0.39 is 0 Å². The topological polar surface area (TPSA) is 30.5 Å². The van der Waals surface area contributed by atoms with E-state index in [4.69, 9.17) is 9.47 Å². The molecule has 110 valence electrons. The van der Waals surface area contributed by atoms with E-state index in [1.807, 2.05) is 12.1 Å². The van der Waals surface area contributed by atoms with Gasteiger partial charge >= 0.3 is 0 Å². The molecular weight excluding hydrogens is 330 g/mol. The Bertz CT molecular complexity index is 657. The molecule has 1 heterocycles. The van der Waals surface area contributed by atoms with Crippen LogP contribution < -0.4 is 14.8 Å². The minimum atomic E-state index is 0.243. The maximum atomic E-state index is 5.43. The van der Waals surface area contributed by atoms with Gasteiger partial charge in [-0.1, -0.05) is 34.1 Å². The predicted octanol–water partition coefficient (Wildman–Crippen LogP) is 4.34. The van der Waals surface area contributed by atoms with E-state index in [2.05, 4.69) is 59.4 Å². The van der Waals surface area contributed by atoms with E-state index in [0.29, 0.717) is 6.79 Å². The second kappa shape index (κ2) is 6.08. The van der Waals surface area contributed by atoms with Crippen LogP contribution in [0.3, 0.4) is 0 Å². The van der Waals surface area contributed by atoms with E-state index in [0.717, 1.165) is 22.5 Å². The fraction of sp³-hybridized carbons (Fsp3) is 0.294. The van der Waals surface area contributed by atoms with Crippen molar-refractivity contribution in [1.82, 2.24) is 5.32 Å². The van der Waals surface area contributed by atoms with Crippen molar-refractivity contribution in [2.24, 2.45) is 0 Å². The molecule has 1 unspecified atom stereocenters. The zero-order chi connectivity index (χ0) is 14.8. The van der Waals surface area contributed by atoms with E-state index in [1.165, 1.54) is 16.7 Å². The van der Waals surface area contributed by atoms with Gasteiger partial charge in [0.1, 0.15) is 0 Å². The van der Waals surface area contributed by atoms with E-state index in [-0.39, 0.29) is 6.04 Å². The summed E-state index contributed by atoms with van der Waals surface area (Å²) < 4.78 is 11.9.